The summed E-state index contributed by atoms with van der Waals surface area (Å²) in [6.07, 6.45) is 0.711. The van der Waals surface area contributed by atoms with Crippen molar-refractivity contribution in [3.8, 4) is 0 Å². The van der Waals surface area contributed by atoms with Gasteiger partial charge >= 0.3 is 0 Å². The van der Waals surface area contributed by atoms with Crippen molar-refractivity contribution in [2.24, 2.45) is 5.92 Å². The van der Waals surface area contributed by atoms with Crippen molar-refractivity contribution in [3.05, 3.63) is 54.2 Å². The molecule has 0 aliphatic heterocycles. The second-order valence-electron chi connectivity index (χ2n) is 6.49. The molecule has 1 aromatic carbocycles. The minimum absolute atomic E-state index is 0.0206. The molecule has 3 aromatic rings. The Hall–Kier alpha value is -2.34. The molecule has 24 heavy (non-hydrogen) atoms. The number of aromatic nitrogens is 3. The predicted molar refractivity (Wildman–Crippen MR) is 96.1 cm³/mol. The minimum Gasteiger partial charge on any atom is -0.350 e. The van der Waals surface area contributed by atoms with Crippen molar-refractivity contribution in [3.63, 3.8) is 0 Å². The van der Waals surface area contributed by atoms with E-state index in [0.29, 0.717) is 28.3 Å². The van der Waals surface area contributed by atoms with Gasteiger partial charge in [0, 0.05) is 10.4 Å². The lowest BCUT2D eigenvalue weighted by molar-refractivity contribution is 0.383. The van der Waals surface area contributed by atoms with E-state index < -0.39 is 16.5 Å². The molecule has 7 heteroatoms. The lowest BCUT2D eigenvalue weighted by Gasteiger charge is -2.17. The van der Waals surface area contributed by atoms with Gasteiger partial charge in [-0.1, -0.05) is 25.4 Å². The summed E-state index contributed by atoms with van der Waals surface area (Å²) in [6.45, 7) is 5.91. The van der Waals surface area contributed by atoms with Gasteiger partial charge in [-0.3, -0.25) is 19.5 Å². The Balaban J connectivity index is 2.41. The predicted octanol–water partition coefficient (Wildman–Crippen LogP) is 2.79. The van der Waals surface area contributed by atoms with Gasteiger partial charge in [-0.25, -0.2) is 4.68 Å². The van der Waals surface area contributed by atoms with Gasteiger partial charge in [-0.15, -0.1) is 0 Å². The zero-order chi connectivity index (χ0) is 17.6. The highest BCUT2D eigenvalue weighted by atomic mass is 35.5. The lowest BCUT2D eigenvalue weighted by Crippen LogP contribution is -2.35. The van der Waals surface area contributed by atoms with Crippen LogP contribution in [0.4, 0.5) is 0 Å². The minimum atomic E-state index is -0.501. The van der Waals surface area contributed by atoms with Gasteiger partial charge < -0.3 is 4.98 Å². The Morgan fingerprint density at radius 1 is 1.17 bits per heavy atom. The summed E-state index contributed by atoms with van der Waals surface area (Å²) in [5.74, 6) is 0.350. The number of pyridine rings is 1. The summed E-state index contributed by atoms with van der Waals surface area (Å²) in [5, 5.41) is 3.22. The third kappa shape index (κ3) is 2.67. The Morgan fingerprint density at radius 3 is 2.54 bits per heavy atom. The standard InChI is InChI=1S/C17H18ClN3O3/c1-8(2)6-9(3)21-17(24)13-14(16(23)20-21)19-12-7-10(18)4-5-11(12)15(13)22/h4-5,7-9H,6H2,1-3H3,(H,19,22)(H,20,23). The van der Waals surface area contributed by atoms with Gasteiger partial charge in [0.25, 0.3) is 11.1 Å². The maximum absolute atomic E-state index is 12.8. The fourth-order valence-corrected chi connectivity index (χ4v) is 3.24. The van der Waals surface area contributed by atoms with Crippen LogP contribution in [0.25, 0.3) is 21.8 Å². The molecule has 6 nitrogen and oxygen atoms in total. The van der Waals surface area contributed by atoms with Crippen LogP contribution in [0.3, 0.4) is 0 Å². The van der Waals surface area contributed by atoms with Gasteiger partial charge in [0.15, 0.2) is 0 Å². The van der Waals surface area contributed by atoms with Crippen molar-refractivity contribution in [1.82, 2.24) is 14.8 Å². The lowest BCUT2D eigenvalue weighted by atomic mass is 10.1. The third-order valence-corrected chi connectivity index (χ3v) is 4.33. The monoisotopic (exact) mass is 347 g/mol. The zero-order valence-electron chi connectivity index (χ0n) is 13.6. The fraction of sp³-hybridized carbons (Fsp3) is 0.353. The first-order valence-electron chi connectivity index (χ1n) is 7.79. The smallest absolute Gasteiger partial charge is 0.287 e. The van der Waals surface area contributed by atoms with E-state index in [1.165, 1.54) is 4.68 Å². The normalized spacial score (nSPS) is 13.0. The van der Waals surface area contributed by atoms with Gasteiger partial charge in [0.2, 0.25) is 5.43 Å². The van der Waals surface area contributed by atoms with Crippen LogP contribution in [-0.2, 0) is 0 Å². The Bertz CT molecular complexity index is 1110. The number of aromatic amines is 2. The first-order chi connectivity index (χ1) is 11.3. The Morgan fingerprint density at radius 2 is 1.88 bits per heavy atom. The van der Waals surface area contributed by atoms with Gasteiger partial charge in [-0.05, 0) is 37.5 Å². The largest absolute Gasteiger partial charge is 0.350 e. The van der Waals surface area contributed by atoms with E-state index in [0.717, 1.165) is 0 Å². The third-order valence-electron chi connectivity index (χ3n) is 4.10. The fourth-order valence-electron chi connectivity index (χ4n) is 3.07. The molecule has 2 N–H and O–H groups in total. The summed E-state index contributed by atoms with van der Waals surface area (Å²) in [5.41, 5.74) is -1.04. The van der Waals surface area contributed by atoms with Crippen LogP contribution >= 0.6 is 11.6 Å². The number of hydrogen-bond donors (Lipinski definition) is 2. The van der Waals surface area contributed by atoms with E-state index in [4.69, 9.17) is 11.6 Å². The van der Waals surface area contributed by atoms with Crippen LogP contribution in [0, 0.1) is 5.92 Å². The molecule has 126 valence electrons. The number of rotatable bonds is 3. The maximum atomic E-state index is 12.8. The molecule has 0 amide bonds. The molecule has 0 spiro atoms. The Kier molecular flexibility index (Phi) is 4.09. The quantitative estimate of drug-likeness (QED) is 0.714. The molecule has 0 saturated carbocycles. The summed E-state index contributed by atoms with van der Waals surface area (Å²) in [7, 11) is 0. The molecule has 0 radical (unpaired) electrons. The second-order valence-corrected chi connectivity index (χ2v) is 6.93. The first-order valence-corrected chi connectivity index (χ1v) is 8.17. The van der Waals surface area contributed by atoms with Crippen LogP contribution in [0.15, 0.2) is 32.6 Å². The molecule has 0 aliphatic rings. The van der Waals surface area contributed by atoms with E-state index >= 15 is 0 Å². The number of hydrogen-bond acceptors (Lipinski definition) is 3. The Labute approximate surface area is 142 Å². The van der Waals surface area contributed by atoms with E-state index in [-0.39, 0.29) is 16.9 Å². The van der Waals surface area contributed by atoms with Crippen molar-refractivity contribution < 1.29 is 0 Å². The summed E-state index contributed by atoms with van der Waals surface area (Å²) >= 11 is 5.93. The number of halogens is 1. The molecule has 0 saturated heterocycles. The number of H-pyrrole nitrogens is 2. The molecule has 2 aromatic heterocycles. The number of benzene rings is 1. The first kappa shape index (κ1) is 16.5. The van der Waals surface area contributed by atoms with Gasteiger partial charge in [0.1, 0.15) is 10.9 Å². The number of nitrogens with zero attached hydrogens (tertiary/aromatic N) is 1. The molecular weight excluding hydrogens is 330 g/mol. The maximum Gasteiger partial charge on any atom is 0.287 e. The van der Waals surface area contributed by atoms with Crippen LogP contribution in [0.1, 0.15) is 33.2 Å². The van der Waals surface area contributed by atoms with Crippen molar-refractivity contribution in [1.29, 1.82) is 0 Å². The molecular formula is C17H18ClN3O3. The molecule has 3 rings (SSSR count). The highest BCUT2D eigenvalue weighted by Gasteiger charge is 2.17. The van der Waals surface area contributed by atoms with Crippen LogP contribution < -0.4 is 16.5 Å². The van der Waals surface area contributed by atoms with Crippen molar-refractivity contribution in [2.45, 2.75) is 33.2 Å². The van der Waals surface area contributed by atoms with E-state index in [2.05, 4.69) is 10.1 Å². The van der Waals surface area contributed by atoms with Gasteiger partial charge in [0.05, 0.1) is 11.6 Å². The molecule has 1 atom stereocenters. The molecule has 0 aliphatic carbocycles. The van der Waals surface area contributed by atoms with Gasteiger partial charge in [-0.2, -0.15) is 0 Å². The highest BCUT2D eigenvalue weighted by Crippen LogP contribution is 2.17. The summed E-state index contributed by atoms with van der Waals surface area (Å²) in [6, 6.07) is 4.48. The van der Waals surface area contributed by atoms with Crippen molar-refractivity contribution >= 4 is 33.4 Å². The van der Waals surface area contributed by atoms with Crippen LogP contribution in [0.2, 0.25) is 5.02 Å². The molecule has 2 heterocycles. The van der Waals surface area contributed by atoms with Crippen LogP contribution in [0.5, 0.6) is 0 Å². The van der Waals surface area contributed by atoms with E-state index in [9.17, 15) is 14.4 Å². The van der Waals surface area contributed by atoms with Crippen LogP contribution in [-0.4, -0.2) is 14.8 Å². The zero-order valence-corrected chi connectivity index (χ0v) is 14.4. The second kappa shape index (κ2) is 5.94. The highest BCUT2D eigenvalue weighted by molar-refractivity contribution is 6.31. The van der Waals surface area contributed by atoms with E-state index in [1.807, 2.05) is 20.8 Å². The van der Waals surface area contributed by atoms with Crippen molar-refractivity contribution in [2.75, 3.05) is 0 Å². The topological polar surface area (TPSA) is 87.7 Å². The summed E-state index contributed by atoms with van der Waals surface area (Å²) < 4.78 is 1.25. The molecule has 0 fully saturated rings. The summed E-state index contributed by atoms with van der Waals surface area (Å²) in [4.78, 5) is 40.8. The average molecular weight is 348 g/mol. The molecule has 0 bridgehead atoms. The van der Waals surface area contributed by atoms with E-state index in [1.54, 1.807) is 18.2 Å². The molecule has 1 unspecified atom stereocenters. The SMILES string of the molecule is CC(C)CC(C)n1[nH]c(=O)c2[nH]c3cc(Cl)ccc3c(=O)c2c1=O. The average Bonchev–Trinajstić information content (AvgIpc) is 2.49. The number of fused-ring (bicyclic) bond motifs is 2. The number of nitrogens with one attached hydrogen (secondary N) is 2.